The van der Waals surface area contributed by atoms with E-state index in [4.69, 9.17) is 4.42 Å². The maximum Gasteiger partial charge on any atom is 0.189 e. The van der Waals surface area contributed by atoms with Crippen LogP contribution in [0.1, 0.15) is 10.5 Å². The zero-order chi connectivity index (χ0) is 8.39. The third kappa shape index (κ3) is 1.01. The summed E-state index contributed by atoms with van der Waals surface area (Å²) in [5.74, 6) is 1.03. The molecule has 0 unspecified atom stereocenters. The number of nitrogens with one attached hydrogen (secondary N) is 1. The third-order valence-corrected chi connectivity index (χ3v) is 1.39. The van der Waals surface area contributed by atoms with Crippen molar-refractivity contribution < 1.29 is 9.21 Å². The van der Waals surface area contributed by atoms with Crippen LogP contribution in [0.2, 0.25) is 0 Å². The van der Waals surface area contributed by atoms with E-state index in [1.54, 1.807) is 0 Å². The Labute approximate surface area is 67.5 Å². The van der Waals surface area contributed by atoms with E-state index >= 15 is 0 Å². The van der Waals surface area contributed by atoms with Gasteiger partial charge in [0.15, 0.2) is 24.3 Å². The molecule has 2 rings (SSSR count). The van der Waals surface area contributed by atoms with Gasteiger partial charge in [0.25, 0.3) is 0 Å². The zero-order valence-corrected chi connectivity index (χ0v) is 6.02. The van der Waals surface area contributed by atoms with Crippen molar-refractivity contribution in [3.63, 3.8) is 0 Å². The Morgan fingerprint density at radius 1 is 1.50 bits per heavy atom. The molecule has 0 aliphatic carbocycles. The van der Waals surface area contributed by atoms with Gasteiger partial charge in [-0.2, -0.15) is 0 Å². The number of aldehydes is 1. The molecule has 0 spiro atoms. The molecular formula is C7H5N3O2. The van der Waals surface area contributed by atoms with Crippen LogP contribution in [0.25, 0.3) is 11.6 Å². The predicted molar refractivity (Wildman–Crippen MR) is 39.5 cm³/mol. The molecule has 5 heteroatoms. The van der Waals surface area contributed by atoms with Crippen LogP contribution in [0.15, 0.2) is 23.2 Å². The van der Waals surface area contributed by atoms with E-state index in [2.05, 4.69) is 15.0 Å². The fraction of sp³-hybridized carbons (Fsp3) is 0. The number of rotatable bonds is 2. The number of imidazole rings is 1. The molecular weight excluding hydrogens is 158 g/mol. The van der Waals surface area contributed by atoms with Crippen molar-refractivity contribution in [1.82, 2.24) is 15.0 Å². The summed E-state index contributed by atoms with van der Waals surface area (Å²) in [6, 6.07) is 0. The normalized spacial score (nSPS) is 10.0. The summed E-state index contributed by atoms with van der Waals surface area (Å²) in [5, 5.41) is 0. The van der Waals surface area contributed by atoms with Gasteiger partial charge in [0.1, 0.15) is 0 Å². The van der Waals surface area contributed by atoms with Gasteiger partial charge in [-0.3, -0.25) is 4.79 Å². The van der Waals surface area contributed by atoms with Crippen molar-refractivity contribution in [2.75, 3.05) is 0 Å². The zero-order valence-electron chi connectivity index (χ0n) is 6.02. The van der Waals surface area contributed by atoms with E-state index in [0.29, 0.717) is 23.6 Å². The number of carbonyl (C=O) groups excluding carboxylic acids is 1. The Balaban J connectivity index is 2.41. The first kappa shape index (κ1) is 6.78. The van der Waals surface area contributed by atoms with E-state index in [0.717, 1.165) is 0 Å². The molecule has 60 valence electrons. The molecule has 0 saturated heterocycles. The van der Waals surface area contributed by atoms with Gasteiger partial charge in [0.2, 0.25) is 0 Å². The third-order valence-electron chi connectivity index (χ3n) is 1.39. The van der Waals surface area contributed by atoms with Crippen LogP contribution in [-0.2, 0) is 0 Å². The average molecular weight is 163 g/mol. The van der Waals surface area contributed by atoms with Gasteiger partial charge in [-0.05, 0) is 0 Å². The maximum absolute atomic E-state index is 10.3. The summed E-state index contributed by atoms with van der Waals surface area (Å²) >= 11 is 0. The van der Waals surface area contributed by atoms with Gasteiger partial charge < -0.3 is 9.40 Å². The molecule has 5 nitrogen and oxygen atoms in total. The minimum absolute atomic E-state index is 0.418. The van der Waals surface area contributed by atoms with Gasteiger partial charge in [-0.15, -0.1) is 0 Å². The minimum atomic E-state index is 0.418. The fourth-order valence-electron chi connectivity index (χ4n) is 0.853. The number of aromatic nitrogens is 3. The molecule has 2 heterocycles. The van der Waals surface area contributed by atoms with Crippen molar-refractivity contribution in [3.8, 4) is 11.6 Å². The molecule has 2 aromatic rings. The van der Waals surface area contributed by atoms with Crippen LogP contribution in [0, 0.1) is 0 Å². The first-order valence-corrected chi connectivity index (χ1v) is 3.29. The highest BCUT2D eigenvalue weighted by atomic mass is 16.3. The lowest BCUT2D eigenvalue weighted by Crippen LogP contribution is -1.78. The number of H-pyrrole nitrogens is 1. The van der Waals surface area contributed by atoms with Crippen LogP contribution >= 0.6 is 0 Å². The smallest absolute Gasteiger partial charge is 0.189 e. The molecule has 0 radical (unpaired) electrons. The quantitative estimate of drug-likeness (QED) is 0.667. The fourth-order valence-corrected chi connectivity index (χ4v) is 0.853. The standard InChI is InChI=1S/C7H5N3O2/c11-3-5-1-9-7(10-5)6-2-8-4-12-6/h1-4H,(H,9,10). The summed E-state index contributed by atoms with van der Waals surface area (Å²) in [6.45, 7) is 0. The van der Waals surface area contributed by atoms with Gasteiger partial charge >= 0.3 is 0 Å². The highest BCUT2D eigenvalue weighted by molar-refractivity contribution is 5.72. The van der Waals surface area contributed by atoms with Crippen LogP contribution < -0.4 is 0 Å². The van der Waals surface area contributed by atoms with Crippen LogP contribution in [0.3, 0.4) is 0 Å². The highest BCUT2D eigenvalue weighted by Gasteiger charge is 2.04. The number of oxazole rings is 1. The summed E-state index contributed by atoms with van der Waals surface area (Å²) in [5.41, 5.74) is 0.418. The minimum Gasteiger partial charge on any atom is -0.440 e. The van der Waals surface area contributed by atoms with Gasteiger partial charge in [0.05, 0.1) is 18.1 Å². The Morgan fingerprint density at radius 3 is 3.00 bits per heavy atom. The summed E-state index contributed by atoms with van der Waals surface area (Å²) in [7, 11) is 0. The molecule has 0 aliphatic rings. The number of nitrogens with zero attached hydrogens (tertiary/aromatic N) is 2. The van der Waals surface area contributed by atoms with Crippen molar-refractivity contribution in [2.24, 2.45) is 0 Å². The molecule has 0 bridgehead atoms. The second-order valence-corrected chi connectivity index (χ2v) is 2.17. The van der Waals surface area contributed by atoms with E-state index in [9.17, 15) is 4.79 Å². The molecule has 0 aliphatic heterocycles. The van der Waals surface area contributed by atoms with Gasteiger partial charge in [-0.25, -0.2) is 9.97 Å². The maximum atomic E-state index is 10.3. The average Bonchev–Trinajstić information content (AvgIpc) is 2.75. The van der Waals surface area contributed by atoms with Crippen molar-refractivity contribution >= 4 is 6.29 Å². The Hall–Kier alpha value is -1.91. The number of carbonyl (C=O) groups is 1. The lowest BCUT2D eigenvalue weighted by Gasteiger charge is -1.84. The van der Waals surface area contributed by atoms with Crippen LogP contribution in [-0.4, -0.2) is 21.2 Å². The second-order valence-electron chi connectivity index (χ2n) is 2.17. The van der Waals surface area contributed by atoms with Gasteiger partial charge in [0, 0.05) is 0 Å². The molecule has 1 N–H and O–H groups in total. The first-order valence-electron chi connectivity index (χ1n) is 3.29. The second kappa shape index (κ2) is 2.61. The predicted octanol–water partition coefficient (Wildman–Crippen LogP) is 0.877. The molecule has 12 heavy (non-hydrogen) atoms. The molecule has 0 fully saturated rings. The monoisotopic (exact) mass is 163 g/mol. The lowest BCUT2D eigenvalue weighted by molar-refractivity contribution is 0.111. The molecule has 2 aromatic heterocycles. The largest absolute Gasteiger partial charge is 0.440 e. The molecule has 0 aromatic carbocycles. The molecule has 0 atom stereocenters. The Morgan fingerprint density at radius 2 is 2.42 bits per heavy atom. The van der Waals surface area contributed by atoms with E-state index in [-0.39, 0.29) is 0 Å². The van der Waals surface area contributed by atoms with Crippen molar-refractivity contribution in [3.05, 3.63) is 24.5 Å². The Kier molecular flexibility index (Phi) is 1.48. The first-order chi connectivity index (χ1) is 5.90. The lowest BCUT2D eigenvalue weighted by atomic mass is 10.5. The number of hydrogen-bond donors (Lipinski definition) is 1. The molecule has 0 amide bonds. The van der Waals surface area contributed by atoms with Crippen LogP contribution in [0.5, 0.6) is 0 Å². The summed E-state index contributed by atoms with van der Waals surface area (Å²) < 4.78 is 4.96. The van der Waals surface area contributed by atoms with Crippen LogP contribution in [0.4, 0.5) is 0 Å². The van der Waals surface area contributed by atoms with E-state index < -0.39 is 0 Å². The number of aromatic amines is 1. The van der Waals surface area contributed by atoms with E-state index in [1.165, 1.54) is 18.8 Å². The van der Waals surface area contributed by atoms with Crippen molar-refractivity contribution in [2.45, 2.75) is 0 Å². The van der Waals surface area contributed by atoms with Crippen molar-refractivity contribution in [1.29, 1.82) is 0 Å². The highest BCUT2D eigenvalue weighted by Crippen LogP contribution is 2.12. The van der Waals surface area contributed by atoms with E-state index in [1.807, 2.05) is 0 Å². The SMILES string of the molecule is O=Cc1cnc(-c2cnco2)[nH]1. The topological polar surface area (TPSA) is 71.8 Å². The number of hydrogen-bond acceptors (Lipinski definition) is 4. The summed E-state index contributed by atoms with van der Waals surface area (Å²) in [4.78, 5) is 20.7. The molecule has 0 saturated carbocycles. The van der Waals surface area contributed by atoms with Gasteiger partial charge in [-0.1, -0.05) is 0 Å². The Bertz CT molecular complexity index is 377. The summed E-state index contributed by atoms with van der Waals surface area (Å²) in [6.07, 6.45) is 4.95.